The van der Waals surface area contributed by atoms with E-state index in [0.29, 0.717) is 0 Å². The molecule has 0 aromatic heterocycles. The monoisotopic (exact) mass is 404 g/mol. The summed E-state index contributed by atoms with van der Waals surface area (Å²) in [5, 5.41) is 10.4. The molecule has 0 bridgehead atoms. The van der Waals surface area contributed by atoms with E-state index in [0.717, 1.165) is 0 Å². The van der Waals surface area contributed by atoms with Crippen LogP contribution < -0.4 is 0 Å². The Hall–Kier alpha value is 0.499. The molecule has 0 aromatic rings. The van der Waals surface area contributed by atoms with Crippen molar-refractivity contribution >= 4 is 18.4 Å². The number of unbranched alkanes of at least 4 members (excludes halogenated alkanes) is 3. The molecule has 0 amide bonds. The van der Waals surface area contributed by atoms with E-state index < -0.39 is 18.4 Å². The van der Waals surface area contributed by atoms with E-state index in [4.69, 9.17) is 0 Å². The van der Waals surface area contributed by atoms with Gasteiger partial charge in [0.1, 0.15) is 0 Å². The van der Waals surface area contributed by atoms with Crippen LogP contribution in [0.1, 0.15) is 80.1 Å². The van der Waals surface area contributed by atoms with Crippen LogP contribution in [0, 0.1) is 5.41 Å². The minimum absolute atomic E-state index is 0.0334. The van der Waals surface area contributed by atoms with Crippen LogP contribution in [-0.4, -0.2) is 29.6 Å². The summed E-state index contributed by atoms with van der Waals surface area (Å²) in [4.78, 5) is 0. The molecule has 0 rings (SSSR count). The fourth-order valence-corrected chi connectivity index (χ4v) is 17.1. The van der Waals surface area contributed by atoms with Crippen molar-refractivity contribution in [2.24, 2.45) is 5.41 Å². The van der Waals surface area contributed by atoms with Crippen LogP contribution in [0.4, 0.5) is 0 Å². The van der Waals surface area contributed by atoms with Gasteiger partial charge >= 0.3 is 139 Å². The third kappa shape index (κ3) is 9.28. The summed E-state index contributed by atoms with van der Waals surface area (Å²) >= 11 is -2.19. The Labute approximate surface area is 138 Å². The maximum atomic E-state index is 10.4. The van der Waals surface area contributed by atoms with Crippen molar-refractivity contribution in [3.63, 3.8) is 0 Å². The van der Waals surface area contributed by atoms with Gasteiger partial charge in [-0.05, 0) is 0 Å². The van der Waals surface area contributed by atoms with Crippen LogP contribution >= 0.6 is 0 Å². The summed E-state index contributed by atoms with van der Waals surface area (Å²) in [6.45, 7) is 13.3. The second kappa shape index (κ2) is 11.1. The van der Waals surface area contributed by atoms with Gasteiger partial charge in [0.05, 0.1) is 0 Å². The van der Waals surface area contributed by atoms with Gasteiger partial charge < -0.3 is 0 Å². The van der Waals surface area contributed by atoms with Gasteiger partial charge in [-0.1, -0.05) is 0 Å². The van der Waals surface area contributed by atoms with Gasteiger partial charge in [0.15, 0.2) is 0 Å². The predicted octanol–water partition coefficient (Wildman–Crippen LogP) is 6.34. The molecule has 2 heteroatoms. The van der Waals surface area contributed by atoms with Crippen molar-refractivity contribution in [2.75, 3.05) is 0 Å². The molecule has 21 heavy (non-hydrogen) atoms. The standard InChI is InChI=1S/C7H13O.3C4H9.Sn/c1-5-6(8)7(2,3)4;3*1-3-4-2;/h1,5-6,8H,2-4H3;3*1,3-4H2,2H3;. The molecule has 0 aliphatic rings. The Morgan fingerprint density at radius 2 is 1.24 bits per heavy atom. The maximum absolute atomic E-state index is 10.4. The fourth-order valence-electron chi connectivity index (χ4n) is 2.80. The first kappa shape index (κ1) is 21.5. The second-order valence-corrected chi connectivity index (χ2v) is 20.9. The van der Waals surface area contributed by atoms with E-state index in [9.17, 15) is 5.11 Å². The molecule has 0 heterocycles. The van der Waals surface area contributed by atoms with Gasteiger partial charge in [-0.3, -0.25) is 0 Å². The van der Waals surface area contributed by atoms with E-state index in [1.807, 2.05) is 0 Å². The van der Waals surface area contributed by atoms with Crippen molar-refractivity contribution in [1.82, 2.24) is 0 Å². The molecule has 0 saturated carbocycles. The van der Waals surface area contributed by atoms with Crippen LogP contribution in [0.5, 0.6) is 0 Å². The molecular weight excluding hydrogens is 363 g/mol. The van der Waals surface area contributed by atoms with Gasteiger partial charge in [-0.2, -0.15) is 0 Å². The van der Waals surface area contributed by atoms with Crippen molar-refractivity contribution in [3.8, 4) is 0 Å². The Morgan fingerprint density at radius 1 is 0.857 bits per heavy atom. The summed E-state index contributed by atoms with van der Waals surface area (Å²) in [7, 11) is 0. The van der Waals surface area contributed by atoms with Crippen molar-refractivity contribution in [1.29, 1.82) is 0 Å². The van der Waals surface area contributed by atoms with Crippen LogP contribution in [0.3, 0.4) is 0 Å². The Balaban J connectivity index is 5.06. The summed E-state index contributed by atoms with van der Waals surface area (Å²) in [6.07, 6.45) is 9.99. The van der Waals surface area contributed by atoms with E-state index in [1.165, 1.54) is 51.8 Å². The second-order valence-electron chi connectivity index (χ2n) is 7.84. The molecule has 1 N–H and O–H groups in total. The quantitative estimate of drug-likeness (QED) is 0.399. The van der Waals surface area contributed by atoms with Crippen LogP contribution in [0.15, 0.2) is 10.2 Å². The minimum atomic E-state index is -2.19. The summed E-state index contributed by atoms with van der Waals surface area (Å²) in [6, 6.07) is 0. The number of aliphatic hydroxyl groups is 1. The topological polar surface area (TPSA) is 20.2 Å². The first-order valence-electron chi connectivity index (χ1n) is 9.18. The molecule has 1 unspecified atom stereocenters. The molecule has 0 aliphatic carbocycles. The van der Waals surface area contributed by atoms with Crippen molar-refractivity contribution in [2.45, 2.75) is 99.5 Å². The summed E-state index contributed by atoms with van der Waals surface area (Å²) < 4.78 is 7.04. The van der Waals surface area contributed by atoms with Crippen molar-refractivity contribution < 1.29 is 5.11 Å². The van der Waals surface area contributed by atoms with Gasteiger partial charge in [-0.15, -0.1) is 0 Å². The molecular formula is C19H40OSn. The zero-order valence-electron chi connectivity index (χ0n) is 15.5. The average Bonchev–Trinajstić information content (AvgIpc) is 2.44. The first-order chi connectivity index (χ1) is 9.81. The molecule has 0 saturated heterocycles. The Morgan fingerprint density at radius 3 is 1.52 bits per heavy atom. The SMILES string of the molecule is CCC[CH2][Sn](/[CH]=C/C(O)C(C)(C)C)([CH2]CCC)[CH2]CCC. The molecule has 126 valence electrons. The van der Waals surface area contributed by atoms with Gasteiger partial charge in [-0.25, -0.2) is 0 Å². The third-order valence-corrected chi connectivity index (χ3v) is 18.7. The van der Waals surface area contributed by atoms with Crippen LogP contribution in [0.2, 0.25) is 13.3 Å². The van der Waals surface area contributed by atoms with E-state index in [1.54, 1.807) is 0 Å². The Kier molecular flexibility index (Phi) is 11.4. The fraction of sp³-hybridized carbons (Fsp3) is 0.895. The first-order valence-corrected chi connectivity index (χ1v) is 16.9. The van der Waals surface area contributed by atoms with Gasteiger partial charge in [0.25, 0.3) is 0 Å². The number of hydrogen-bond acceptors (Lipinski definition) is 1. The van der Waals surface area contributed by atoms with Crippen LogP contribution in [-0.2, 0) is 0 Å². The van der Waals surface area contributed by atoms with E-state index in [2.05, 4.69) is 51.7 Å². The molecule has 0 aliphatic heterocycles. The Bertz CT molecular complexity index is 256. The molecule has 1 atom stereocenters. The van der Waals surface area contributed by atoms with Crippen molar-refractivity contribution in [3.05, 3.63) is 10.2 Å². The number of hydrogen-bond donors (Lipinski definition) is 1. The molecule has 0 spiro atoms. The number of aliphatic hydroxyl groups excluding tert-OH is 1. The third-order valence-electron chi connectivity index (χ3n) is 4.60. The zero-order chi connectivity index (χ0) is 16.4. The molecule has 1 nitrogen and oxygen atoms in total. The van der Waals surface area contributed by atoms with E-state index >= 15 is 0 Å². The molecule has 0 radical (unpaired) electrons. The van der Waals surface area contributed by atoms with Gasteiger partial charge in [0, 0.05) is 0 Å². The normalized spacial score (nSPS) is 14.8. The number of rotatable bonds is 11. The van der Waals surface area contributed by atoms with E-state index in [-0.39, 0.29) is 11.5 Å². The molecule has 0 aromatic carbocycles. The zero-order valence-corrected chi connectivity index (χ0v) is 18.4. The molecule has 0 fully saturated rings. The van der Waals surface area contributed by atoms with Gasteiger partial charge in [0.2, 0.25) is 0 Å². The predicted molar refractivity (Wildman–Crippen MR) is 99.5 cm³/mol. The summed E-state index contributed by atoms with van der Waals surface area (Å²) in [5.74, 6) is 0. The average molecular weight is 403 g/mol. The summed E-state index contributed by atoms with van der Waals surface area (Å²) in [5.41, 5.74) is -0.0334. The van der Waals surface area contributed by atoms with Crippen LogP contribution in [0.25, 0.3) is 0 Å².